The molecule has 9 heteroatoms. The molecule has 0 bridgehead atoms. The highest BCUT2D eigenvalue weighted by molar-refractivity contribution is 5.68. The van der Waals surface area contributed by atoms with Crippen LogP contribution in [0.15, 0.2) is 11.6 Å². The van der Waals surface area contributed by atoms with Gasteiger partial charge in [-0.15, -0.1) is 0 Å². The standard InChI is InChI=1S/C18H26O9/c1-9(2)7-14-16(24-11(4)20)18(26-13(6)22)17(25-12(5)21)15(27-14)8-23-10(3)19/h7,14-18H,8H2,1-6H3/t14-,15-,16+,17-,18-/m1/s1. The molecule has 0 N–H and O–H groups in total. The Kier molecular flexibility index (Phi) is 8.42. The molecular weight excluding hydrogens is 360 g/mol. The second kappa shape index (κ2) is 10.1. The highest BCUT2D eigenvalue weighted by Crippen LogP contribution is 2.30. The van der Waals surface area contributed by atoms with Gasteiger partial charge in [0.15, 0.2) is 18.3 Å². The number of allylic oxidation sites excluding steroid dienone is 1. The molecule has 1 aliphatic rings. The van der Waals surface area contributed by atoms with E-state index in [2.05, 4.69) is 0 Å². The minimum absolute atomic E-state index is 0.231. The zero-order chi connectivity index (χ0) is 20.7. The molecule has 0 spiro atoms. The maximum Gasteiger partial charge on any atom is 0.303 e. The van der Waals surface area contributed by atoms with Crippen molar-refractivity contribution in [2.75, 3.05) is 6.61 Å². The number of ether oxygens (including phenoxy) is 5. The molecule has 1 aliphatic heterocycles. The Balaban J connectivity index is 3.33. The summed E-state index contributed by atoms with van der Waals surface area (Å²) in [7, 11) is 0. The van der Waals surface area contributed by atoms with Crippen molar-refractivity contribution < 1.29 is 42.9 Å². The predicted molar refractivity (Wildman–Crippen MR) is 91.4 cm³/mol. The molecule has 0 aliphatic carbocycles. The Bertz CT molecular complexity index is 606. The molecule has 0 aromatic rings. The summed E-state index contributed by atoms with van der Waals surface area (Å²) in [6.45, 7) is 8.19. The van der Waals surface area contributed by atoms with Crippen molar-refractivity contribution in [3.8, 4) is 0 Å². The summed E-state index contributed by atoms with van der Waals surface area (Å²) in [4.78, 5) is 46.0. The number of rotatable bonds is 6. The van der Waals surface area contributed by atoms with Gasteiger partial charge in [-0.05, 0) is 13.8 Å². The largest absolute Gasteiger partial charge is 0.463 e. The second-order valence-electron chi connectivity index (χ2n) is 6.41. The molecular formula is C18H26O9. The van der Waals surface area contributed by atoms with Crippen LogP contribution in [0.25, 0.3) is 0 Å². The summed E-state index contributed by atoms with van der Waals surface area (Å²) in [5.74, 6) is -2.48. The molecule has 0 amide bonds. The van der Waals surface area contributed by atoms with Crippen LogP contribution in [0.2, 0.25) is 0 Å². The lowest BCUT2D eigenvalue weighted by molar-refractivity contribution is -0.244. The van der Waals surface area contributed by atoms with Crippen molar-refractivity contribution in [1.82, 2.24) is 0 Å². The summed E-state index contributed by atoms with van der Waals surface area (Å²) >= 11 is 0. The van der Waals surface area contributed by atoms with E-state index in [1.165, 1.54) is 27.7 Å². The van der Waals surface area contributed by atoms with Gasteiger partial charge in [0.25, 0.3) is 0 Å². The SMILES string of the molecule is CC(=O)OC[C@H]1O[C@H](C=C(C)C)[C@H](OC(C)=O)[C@@H](OC(C)=O)[C@@H]1OC(C)=O. The van der Waals surface area contributed by atoms with Gasteiger partial charge >= 0.3 is 23.9 Å². The monoisotopic (exact) mass is 386 g/mol. The van der Waals surface area contributed by atoms with E-state index < -0.39 is 54.4 Å². The van der Waals surface area contributed by atoms with Gasteiger partial charge in [0.2, 0.25) is 0 Å². The quantitative estimate of drug-likeness (QED) is 0.376. The van der Waals surface area contributed by atoms with Crippen LogP contribution >= 0.6 is 0 Å². The molecule has 0 aromatic carbocycles. The molecule has 1 heterocycles. The van der Waals surface area contributed by atoms with Gasteiger partial charge in [-0.25, -0.2) is 0 Å². The molecule has 0 aromatic heterocycles. The minimum Gasteiger partial charge on any atom is -0.463 e. The summed E-state index contributed by atoms with van der Waals surface area (Å²) in [6.07, 6.45) is -3.33. The van der Waals surface area contributed by atoms with Crippen LogP contribution in [0.4, 0.5) is 0 Å². The zero-order valence-electron chi connectivity index (χ0n) is 16.3. The molecule has 0 radical (unpaired) electrons. The fourth-order valence-corrected chi connectivity index (χ4v) is 2.72. The minimum atomic E-state index is -1.13. The van der Waals surface area contributed by atoms with E-state index in [9.17, 15) is 19.2 Å². The third kappa shape index (κ3) is 7.38. The van der Waals surface area contributed by atoms with Crippen LogP contribution in [0.5, 0.6) is 0 Å². The van der Waals surface area contributed by atoms with E-state index in [0.29, 0.717) is 0 Å². The molecule has 27 heavy (non-hydrogen) atoms. The van der Waals surface area contributed by atoms with Crippen LogP contribution in [-0.2, 0) is 42.9 Å². The fourth-order valence-electron chi connectivity index (χ4n) is 2.72. The maximum absolute atomic E-state index is 11.6. The molecule has 1 saturated heterocycles. The zero-order valence-corrected chi connectivity index (χ0v) is 16.3. The van der Waals surface area contributed by atoms with Gasteiger partial charge in [-0.2, -0.15) is 0 Å². The van der Waals surface area contributed by atoms with E-state index in [1.807, 2.05) is 13.8 Å². The van der Waals surface area contributed by atoms with Gasteiger partial charge < -0.3 is 23.7 Å². The smallest absolute Gasteiger partial charge is 0.303 e. The molecule has 0 saturated carbocycles. The maximum atomic E-state index is 11.6. The van der Waals surface area contributed by atoms with Crippen molar-refractivity contribution >= 4 is 23.9 Å². The van der Waals surface area contributed by atoms with Gasteiger partial charge in [-0.3, -0.25) is 19.2 Å². The lowest BCUT2D eigenvalue weighted by atomic mass is 9.93. The molecule has 9 nitrogen and oxygen atoms in total. The summed E-state index contributed by atoms with van der Waals surface area (Å²) in [6, 6.07) is 0. The van der Waals surface area contributed by atoms with E-state index in [4.69, 9.17) is 23.7 Å². The lowest BCUT2D eigenvalue weighted by Crippen LogP contribution is -2.62. The van der Waals surface area contributed by atoms with Crippen LogP contribution < -0.4 is 0 Å². The third-order valence-electron chi connectivity index (χ3n) is 3.52. The van der Waals surface area contributed by atoms with Crippen molar-refractivity contribution in [2.45, 2.75) is 72.1 Å². The number of esters is 4. The third-order valence-corrected chi connectivity index (χ3v) is 3.52. The van der Waals surface area contributed by atoms with Gasteiger partial charge in [0, 0.05) is 27.7 Å². The summed E-state index contributed by atoms with van der Waals surface area (Å²) in [5.41, 5.74) is 0.857. The van der Waals surface area contributed by atoms with Crippen molar-refractivity contribution in [3.63, 3.8) is 0 Å². The average molecular weight is 386 g/mol. The number of hydrogen-bond donors (Lipinski definition) is 0. The Morgan fingerprint density at radius 3 is 1.67 bits per heavy atom. The lowest BCUT2D eigenvalue weighted by Gasteiger charge is -2.43. The first-order chi connectivity index (χ1) is 12.5. The van der Waals surface area contributed by atoms with Crippen LogP contribution in [-0.4, -0.2) is 61.0 Å². The van der Waals surface area contributed by atoms with Crippen LogP contribution in [0.3, 0.4) is 0 Å². The Morgan fingerprint density at radius 1 is 0.741 bits per heavy atom. The number of hydrogen-bond acceptors (Lipinski definition) is 9. The van der Waals surface area contributed by atoms with Crippen LogP contribution in [0.1, 0.15) is 41.5 Å². The van der Waals surface area contributed by atoms with Crippen molar-refractivity contribution in [1.29, 1.82) is 0 Å². The number of carbonyl (C=O) groups is 4. The molecule has 5 atom stereocenters. The Labute approximate surface area is 157 Å². The molecule has 152 valence electrons. The highest BCUT2D eigenvalue weighted by Gasteiger charge is 2.51. The molecule has 1 fully saturated rings. The van der Waals surface area contributed by atoms with Gasteiger partial charge in [0.1, 0.15) is 18.8 Å². The summed E-state index contributed by atoms with van der Waals surface area (Å²) in [5, 5.41) is 0. The fraction of sp³-hybridized carbons (Fsp3) is 0.667. The van der Waals surface area contributed by atoms with E-state index in [0.717, 1.165) is 5.57 Å². The molecule has 0 unspecified atom stereocenters. The van der Waals surface area contributed by atoms with Gasteiger partial charge in [-0.1, -0.05) is 11.6 Å². The summed E-state index contributed by atoms with van der Waals surface area (Å²) < 4.78 is 26.8. The first kappa shape index (κ1) is 22.6. The predicted octanol–water partition coefficient (Wildman–Crippen LogP) is 1.08. The van der Waals surface area contributed by atoms with E-state index in [1.54, 1.807) is 6.08 Å². The Hall–Kier alpha value is -2.42. The second-order valence-corrected chi connectivity index (χ2v) is 6.41. The van der Waals surface area contributed by atoms with Crippen molar-refractivity contribution in [3.05, 3.63) is 11.6 Å². The van der Waals surface area contributed by atoms with Gasteiger partial charge in [0.05, 0.1) is 0 Å². The van der Waals surface area contributed by atoms with Crippen molar-refractivity contribution in [2.24, 2.45) is 0 Å². The topological polar surface area (TPSA) is 114 Å². The van der Waals surface area contributed by atoms with Crippen LogP contribution in [0, 0.1) is 0 Å². The average Bonchev–Trinajstić information content (AvgIpc) is 2.49. The first-order valence-corrected chi connectivity index (χ1v) is 8.46. The van der Waals surface area contributed by atoms with E-state index in [-0.39, 0.29) is 6.61 Å². The molecule has 1 rings (SSSR count). The highest BCUT2D eigenvalue weighted by atomic mass is 16.7. The Morgan fingerprint density at radius 2 is 1.22 bits per heavy atom. The normalized spacial score (nSPS) is 27.1. The number of carbonyl (C=O) groups excluding carboxylic acids is 4. The van der Waals surface area contributed by atoms with E-state index >= 15 is 0 Å². The first-order valence-electron chi connectivity index (χ1n) is 8.46.